The number of aliphatic hydroxyl groups excluding tert-OH is 1. The summed E-state index contributed by atoms with van der Waals surface area (Å²) in [7, 11) is 0. The number of thiazole rings is 1. The molecule has 0 aliphatic carbocycles. The fourth-order valence-electron chi connectivity index (χ4n) is 4.39. The molecule has 0 spiro atoms. The molecule has 0 saturated heterocycles. The van der Waals surface area contributed by atoms with Crippen molar-refractivity contribution in [1.82, 2.24) is 10.3 Å². The predicted octanol–water partition coefficient (Wildman–Crippen LogP) is 4.48. The first-order valence-corrected chi connectivity index (χ1v) is 11.8. The number of amides is 2. The number of benzene rings is 4. The summed E-state index contributed by atoms with van der Waals surface area (Å²) in [6.45, 7) is -0.474. The van der Waals surface area contributed by atoms with Gasteiger partial charge in [-0.25, -0.2) is 4.98 Å². The van der Waals surface area contributed by atoms with E-state index in [2.05, 4.69) is 70.2 Å². The second-order valence-electron chi connectivity index (χ2n) is 8.06. The zero-order chi connectivity index (χ0) is 22.8. The maximum atomic E-state index is 12.4. The number of aliphatic hydroxyl groups is 1. The molecule has 33 heavy (non-hydrogen) atoms. The van der Waals surface area contributed by atoms with Crippen LogP contribution in [-0.4, -0.2) is 34.6 Å². The number of hydrogen-bond acceptors (Lipinski definition) is 5. The van der Waals surface area contributed by atoms with Crippen molar-refractivity contribution in [3.63, 3.8) is 0 Å². The lowest BCUT2D eigenvalue weighted by molar-refractivity contribution is -0.127. The Bertz CT molecular complexity index is 1420. The number of rotatable bonds is 8. The molecule has 5 rings (SSSR count). The average Bonchev–Trinajstić information content (AvgIpc) is 3.34. The predicted molar refractivity (Wildman–Crippen MR) is 133 cm³/mol. The highest BCUT2D eigenvalue weighted by Crippen LogP contribution is 2.36. The number of aryl methyl sites for hydroxylation is 1. The Morgan fingerprint density at radius 2 is 1.70 bits per heavy atom. The highest BCUT2D eigenvalue weighted by Gasteiger charge is 2.20. The first-order chi connectivity index (χ1) is 16.1. The van der Waals surface area contributed by atoms with Gasteiger partial charge < -0.3 is 15.7 Å². The van der Waals surface area contributed by atoms with E-state index in [9.17, 15) is 14.7 Å². The molecule has 0 aliphatic heterocycles. The molecule has 2 amide bonds. The minimum Gasteiger partial charge on any atom is -0.394 e. The van der Waals surface area contributed by atoms with E-state index in [1.165, 1.54) is 49.2 Å². The van der Waals surface area contributed by atoms with Crippen molar-refractivity contribution < 1.29 is 14.7 Å². The van der Waals surface area contributed by atoms with Crippen LogP contribution < -0.4 is 10.6 Å². The summed E-state index contributed by atoms with van der Waals surface area (Å²) in [6.07, 6.45) is 3.23. The fraction of sp³-hybridized carbons (Fsp3) is 0.192. The lowest BCUT2D eigenvalue weighted by Gasteiger charge is -2.16. The minimum atomic E-state index is -1.00. The maximum Gasteiger partial charge on any atom is 0.251 e. The van der Waals surface area contributed by atoms with Crippen LogP contribution in [0.4, 0.5) is 5.13 Å². The summed E-state index contributed by atoms with van der Waals surface area (Å²) >= 11 is 1.28. The van der Waals surface area contributed by atoms with Crippen LogP contribution in [0.25, 0.3) is 32.3 Å². The molecular formula is C26H23N3O3S. The molecule has 0 aliphatic rings. The second kappa shape index (κ2) is 9.13. The molecule has 1 aromatic heterocycles. The van der Waals surface area contributed by atoms with Gasteiger partial charge in [-0.2, -0.15) is 0 Å². The minimum absolute atomic E-state index is 0.263. The van der Waals surface area contributed by atoms with Gasteiger partial charge in [0.15, 0.2) is 5.13 Å². The smallest absolute Gasteiger partial charge is 0.251 e. The molecule has 0 saturated carbocycles. The number of nitrogens with one attached hydrogen (secondary N) is 2. The van der Waals surface area contributed by atoms with Gasteiger partial charge in [-0.3, -0.25) is 9.59 Å². The van der Waals surface area contributed by atoms with E-state index in [0.29, 0.717) is 11.6 Å². The molecule has 166 valence electrons. The largest absolute Gasteiger partial charge is 0.394 e. The molecule has 0 bridgehead atoms. The summed E-state index contributed by atoms with van der Waals surface area (Å²) in [5, 5.41) is 24.4. The molecule has 3 N–H and O–H groups in total. The number of aromatic nitrogens is 1. The van der Waals surface area contributed by atoms with Crippen molar-refractivity contribution in [3.8, 4) is 0 Å². The molecule has 5 aromatic rings. The lowest BCUT2D eigenvalue weighted by Crippen LogP contribution is -2.46. The lowest BCUT2D eigenvalue weighted by atomic mass is 9.90. The van der Waals surface area contributed by atoms with Crippen molar-refractivity contribution in [2.75, 3.05) is 11.9 Å². The number of hydrogen-bond donors (Lipinski definition) is 3. The summed E-state index contributed by atoms with van der Waals surface area (Å²) in [4.78, 5) is 28.7. The van der Waals surface area contributed by atoms with E-state index in [0.717, 1.165) is 6.42 Å². The summed E-state index contributed by atoms with van der Waals surface area (Å²) in [5.74, 6) is -0.742. The van der Waals surface area contributed by atoms with Crippen LogP contribution in [0.1, 0.15) is 18.4 Å². The zero-order valence-corrected chi connectivity index (χ0v) is 18.7. The van der Waals surface area contributed by atoms with Gasteiger partial charge in [0.1, 0.15) is 6.04 Å². The number of carbonyl (C=O) groups excluding carboxylic acids is 2. The Labute approximate surface area is 194 Å². The van der Waals surface area contributed by atoms with Crippen molar-refractivity contribution in [2.24, 2.45) is 0 Å². The monoisotopic (exact) mass is 457 g/mol. The molecule has 0 fully saturated rings. The van der Waals surface area contributed by atoms with E-state index in [-0.39, 0.29) is 12.3 Å². The van der Waals surface area contributed by atoms with Crippen LogP contribution in [-0.2, 0) is 16.0 Å². The molecular weight excluding hydrogens is 434 g/mol. The number of anilines is 1. The van der Waals surface area contributed by atoms with Crippen LogP contribution in [0.5, 0.6) is 0 Å². The third-order valence-electron chi connectivity index (χ3n) is 5.97. The van der Waals surface area contributed by atoms with Crippen LogP contribution in [0.15, 0.2) is 66.2 Å². The Kier molecular flexibility index (Phi) is 5.90. The standard InChI is InChI=1S/C26H23N3O3S/c30-15-21(25(32)29-26-27-13-14-33-26)28-22(31)6-2-3-16-7-8-19-10-9-17-4-1-5-18-11-12-20(16)24(19)23(17)18/h1,4-5,7-14,21,30H,2-3,6,15H2,(H,28,31)(H,27,29,32). The Balaban J connectivity index is 1.26. The summed E-state index contributed by atoms with van der Waals surface area (Å²) < 4.78 is 0. The zero-order valence-electron chi connectivity index (χ0n) is 17.9. The van der Waals surface area contributed by atoms with Crippen molar-refractivity contribution in [1.29, 1.82) is 0 Å². The normalized spacial score (nSPS) is 12.4. The maximum absolute atomic E-state index is 12.4. The second-order valence-corrected chi connectivity index (χ2v) is 8.96. The molecule has 1 atom stereocenters. The molecule has 0 radical (unpaired) electrons. The third-order valence-corrected chi connectivity index (χ3v) is 6.65. The Hall–Kier alpha value is -3.55. The van der Waals surface area contributed by atoms with Gasteiger partial charge in [-0.15, -0.1) is 11.3 Å². The van der Waals surface area contributed by atoms with Gasteiger partial charge in [-0.1, -0.05) is 54.6 Å². The number of carbonyl (C=O) groups is 2. The van der Waals surface area contributed by atoms with Crippen LogP contribution in [0.2, 0.25) is 0 Å². The Morgan fingerprint density at radius 1 is 0.970 bits per heavy atom. The molecule has 6 nitrogen and oxygen atoms in total. The van der Waals surface area contributed by atoms with Crippen LogP contribution >= 0.6 is 11.3 Å². The highest BCUT2D eigenvalue weighted by atomic mass is 32.1. The quantitative estimate of drug-likeness (QED) is 0.300. The van der Waals surface area contributed by atoms with Gasteiger partial charge in [0.25, 0.3) is 5.91 Å². The van der Waals surface area contributed by atoms with Crippen molar-refractivity contribution in [2.45, 2.75) is 25.3 Å². The van der Waals surface area contributed by atoms with E-state index >= 15 is 0 Å². The first kappa shape index (κ1) is 21.3. The molecule has 1 heterocycles. The van der Waals surface area contributed by atoms with Gasteiger partial charge in [0.05, 0.1) is 6.61 Å². The van der Waals surface area contributed by atoms with Crippen LogP contribution in [0, 0.1) is 0 Å². The summed E-state index contributed by atoms with van der Waals surface area (Å²) in [5.41, 5.74) is 1.20. The van der Waals surface area contributed by atoms with Crippen molar-refractivity contribution in [3.05, 3.63) is 71.7 Å². The highest BCUT2D eigenvalue weighted by molar-refractivity contribution is 7.13. The molecule has 1 unspecified atom stereocenters. The third kappa shape index (κ3) is 4.25. The van der Waals surface area contributed by atoms with E-state index in [1.807, 2.05) is 0 Å². The number of nitrogens with zero attached hydrogens (tertiary/aromatic N) is 1. The van der Waals surface area contributed by atoms with Gasteiger partial charge in [-0.05, 0) is 50.7 Å². The van der Waals surface area contributed by atoms with Crippen molar-refractivity contribution >= 4 is 60.6 Å². The molecule has 4 aromatic carbocycles. The SMILES string of the molecule is O=C(CCCc1ccc2ccc3cccc4ccc1c2c34)NC(CO)C(=O)Nc1nccs1. The average molecular weight is 458 g/mol. The van der Waals surface area contributed by atoms with Crippen LogP contribution in [0.3, 0.4) is 0 Å². The van der Waals surface area contributed by atoms with E-state index in [4.69, 9.17) is 0 Å². The van der Waals surface area contributed by atoms with Gasteiger partial charge >= 0.3 is 0 Å². The first-order valence-electron chi connectivity index (χ1n) is 10.9. The Morgan fingerprint density at radius 3 is 2.42 bits per heavy atom. The van der Waals surface area contributed by atoms with E-state index in [1.54, 1.807) is 11.6 Å². The molecule has 7 heteroatoms. The summed E-state index contributed by atoms with van der Waals surface area (Å²) in [6, 6.07) is 18.3. The van der Waals surface area contributed by atoms with Gasteiger partial charge in [0, 0.05) is 18.0 Å². The van der Waals surface area contributed by atoms with Gasteiger partial charge in [0.2, 0.25) is 5.91 Å². The topological polar surface area (TPSA) is 91.3 Å². The van der Waals surface area contributed by atoms with E-state index < -0.39 is 18.6 Å². The fourth-order valence-corrected chi connectivity index (χ4v) is 4.92.